The molecule has 0 saturated carbocycles. The highest BCUT2D eigenvalue weighted by Crippen LogP contribution is 2.42. The molecule has 1 amide bonds. The summed E-state index contributed by atoms with van der Waals surface area (Å²) in [6.45, 7) is 2.72. The number of carbonyl (C=O) groups excluding carboxylic acids is 1. The second-order valence-corrected chi connectivity index (χ2v) is 5.74. The van der Waals surface area contributed by atoms with Crippen molar-refractivity contribution in [3.05, 3.63) is 23.7 Å². The van der Waals surface area contributed by atoms with Gasteiger partial charge in [0.1, 0.15) is 11.5 Å². The second-order valence-electron chi connectivity index (χ2n) is 5.74. The van der Waals surface area contributed by atoms with Gasteiger partial charge in [0.15, 0.2) is 0 Å². The maximum atomic E-state index is 12.9. The van der Waals surface area contributed by atoms with Crippen LogP contribution in [0.5, 0.6) is 0 Å². The molecule has 0 aromatic carbocycles. The third kappa shape index (κ3) is 2.10. The third-order valence-corrected chi connectivity index (χ3v) is 4.61. The van der Waals surface area contributed by atoms with E-state index in [0.717, 1.165) is 44.0 Å². The maximum absolute atomic E-state index is 12.9. The van der Waals surface area contributed by atoms with Crippen molar-refractivity contribution in [1.29, 1.82) is 0 Å². The molecule has 1 atom stereocenters. The Morgan fingerprint density at radius 1 is 1.30 bits per heavy atom. The lowest BCUT2D eigenvalue weighted by Crippen LogP contribution is -2.41. The minimum absolute atomic E-state index is 0.190. The molecule has 1 spiro atoms. The van der Waals surface area contributed by atoms with E-state index >= 15 is 0 Å². The summed E-state index contributed by atoms with van der Waals surface area (Å²) in [5.74, 6) is 1.84. The van der Waals surface area contributed by atoms with Crippen LogP contribution in [0.2, 0.25) is 0 Å². The Bertz CT molecular complexity index is 444. The Balaban J connectivity index is 1.88. The van der Waals surface area contributed by atoms with Crippen LogP contribution < -0.4 is 5.32 Å². The van der Waals surface area contributed by atoms with Crippen molar-refractivity contribution in [1.82, 2.24) is 10.2 Å². The first-order chi connectivity index (χ1) is 9.68. The first-order valence-corrected chi connectivity index (χ1v) is 7.22. The number of hydrogen-bond donors (Lipinski definition) is 1. The highest BCUT2D eigenvalue weighted by atomic mass is 16.5. The summed E-state index contributed by atoms with van der Waals surface area (Å²) in [5, 5.41) is 3.33. The quantitative estimate of drug-likeness (QED) is 0.838. The van der Waals surface area contributed by atoms with E-state index in [1.54, 1.807) is 14.2 Å². The molecular formula is C15H22N2O3. The van der Waals surface area contributed by atoms with Crippen LogP contribution in [0.15, 0.2) is 23.7 Å². The standard InChI is InChI=1S/C15H22N2O3/c1-19-12-7-13(20-2)9-15(8-12)4-6-17(14(15)18)11-3-5-16-10-11/h8-9,11,16H,3-7,10H2,1-2H3. The molecule has 2 heterocycles. The average molecular weight is 278 g/mol. The van der Waals surface area contributed by atoms with Gasteiger partial charge >= 0.3 is 0 Å². The van der Waals surface area contributed by atoms with Gasteiger partial charge in [0, 0.05) is 19.1 Å². The Morgan fingerprint density at radius 2 is 2.00 bits per heavy atom. The van der Waals surface area contributed by atoms with Gasteiger partial charge in [-0.05, 0) is 31.5 Å². The Hall–Kier alpha value is -1.49. The topological polar surface area (TPSA) is 50.8 Å². The number of hydrogen-bond acceptors (Lipinski definition) is 4. The molecular weight excluding hydrogens is 256 g/mol. The zero-order valence-electron chi connectivity index (χ0n) is 12.1. The number of carbonyl (C=O) groups is 1. The first-order valence-electron chi connectivity index (χ1n) is 7.22. The van der Waals surface area contributed by atoms with Gasteiger partial charge in [0.2, 0.25) is 5.91 Å². The number of ether oxygens (including phenoxy) is 2. The predicted octanol–water partition coefficient (Wildman–Crippen LogP) is 1.03. The second kappa shape index (κ2) is 5.13. The molecule has 2 fully saturated rings. The van der Waals surface area contributed by atoms with Gasteiger partial charge in [-0.3, -0.25) is 4.79 Å². The van der Waals surface area contributed by atoms with E-state index in [2.05, 4.69) is 5.32 Å². The highest BCUT2D eigenvalue weighted by Gasteiger charge is 2.48. The SMILES string of the molecule is COC1=CC2(C=C(OC)C1)CCN(C1CCNC1)C2=O. The van der Waals surface area contributed by atoms with Crippen molar-refractivity contribution in [2.24, 2.45) is 5.41 Å². The molecule has 5 nitrogen and oxygen atoms in total. The largest absolute Gasteiger partial charge is 0.501 e. The zero-order valence-corrected chi connectivity index (χ0v) is 12.1. The summed E-state index contributed by atoms with van der Waals surface area (Å²) in [6, 6.07) is 0.336. The Labute approximate surface area is 119 Å². The van der Waals surface area contributed by atoms with Crippen LogP contribution in [0.4, 0.5) is 0 Å². The summed E-state index contributed by atoms with van der Waals surface area (Å²) in [7, 11) is 3.30. The van der Waals surface area contributed by atoms with Crippen molar-refractivity contribution in [3.63, 3.8) is 0 Å². The van der Waals surface area contributed by atoms with Crippen molar-refractivity contribution in [2.75, 3.05) is 33.9 Å². The molecule has 0 bridgehead atoms. The van der Waals surface area contributed by atoms with Gasteiger partial charge in [-0.25, -0.2) is 0 Å². The normalized spacial score (nSPS) is 28.6. The minimum atomic E-state index is -0.558. The fourth-order valence-electron chi connectivity index (χ4n) is 3.46. The summed E-state index contributed by atoms with van der Waals surface area (Å²) < 4.78 is 10.8. The first kappa shape index (κ1) is 13.5. The highest BCUT2D eigenvalue weighted by molar-refractivity contribution is 5.89. The average Bonchev–Trinajstić information content (AvgIpc) is 3.09. The van der Waals surface area contributed by atoms with Gasteiger partial charge < -0.3 is 19.7 Å². The van der Waals surface area contributed by atoms with Crippen molar-refractivity contribution >= 4 is 5.91 Å². The summed E-state index contributed by atoms with van der Waals surface area (Å²) in [5.41, 5.74) is -0.558. The number of nitrogens with zero attached hydrogens (tertiary/aromatic N) is 1. The number of amides is 1. The molecule has 0 aromatic heterocycles. The molecule has 1 aliphatic carbocycles. The molecule has 1 N–H and O–H groups in total. The van der Waals surface area contributed by atoms with Crippen molar-refractivity contribution < 1.29 is 14.3 Å². The van der Waals surface area contributed by atoms with Crippen LogP contribution in [0.3, 0.4) is 0 Å². The molecule has 3 rings (SSSR count). The molecule has 110 valence electrons. The molecule has 1 unspecified atom stereocenters. The van der Waals surface area contributed by atoms with E-state index in [9.17, 15) is 4.79 Å². The number of likely N-dealkylation sites (tertiary alicyclic amines) is 1. The summed E-state index contributed by atoms with van der Waals surface area (Å²) >= 11 is 0. The predicted molar refractivity (Wildman–Crippen MR) is 74.8 cm³/mol. The third-order valence-electron chi connectivity index (χ3n) is 4.61. The van der Waals surface area contributed by atoms with Gasteiger partial charge in [0.05, 0.1) is 26.1 Å². The lowest BCUT2D eigenvalue weighted by Gasteiger charge is -2.29. The van der Waals surface area contributed by atoms with Gasteiger partial charge in [0.25, 0.3) is 0 Å². The maximum Gasteiger partial charge on any atom is 0.237 e. The monoisotopic (exact) mass is 278 g/mol. The van der Waals surface area contributed by atoms with E-state index < -0.39 is 5.41 Å². The summed E-state index contributed by atoms with van der Waals surface area (Å²) in [4.78, 5) is 14.9. The van der Waals surface area contributed by atoms with Crippen molar-refractivity contribution in [3.8, 4) is 0 Å². The molecule has 2 saturated heterocycles. The Kier molecular flexibility index (Phi) is 3.46. The van der Waals surface area contributed by atoms with Gasteiger partial charge in [-0.2, -0.15) is 0 Å². The van der Waals surface area contributed by atoms with Gasteiger partial charge in [-0.15, -0.1) is 0 Å². The number of methoxy groups -OCH3 is 2. The molecule has 0 aromatic rings. The smallest absolute Gasteiger partial charge is 0.237 e. The fraction of sp³-hybridized carbons (Fsp3) is 0.667. The lowest BCUT2D eigenvalue weighted by atomic mass is 9.81. The Morgan fingerprint density at radius 3 is 2.55 bits per heavy atom. The molecule has 0 radical (unpaired) electrons. The van der Waals surface area contributed by atoms with E-state index in [4.69, 9.17) is 9.47 Å². The van der Waals surface area contributed by atoms with Gasteiger partial charge in [-0.1, -0.05) is 0 Å². The molecule has 3 aliphatic rings. The number of rotatable bonds is 3. The molecule has 5 heteroatoms. The van der Waals surface area contributed by atoms with E-state index in [1.165, 1.54) is 0 Å². The van der Waals surface area contributed by atoms with Crippen LogP contribution in [-0.2, 0) is 14.3 Å². The van der Waals surface area contributed by atoms with Crippen LogP contribution in [0, 0.1) is 5.41 Å². The van der Waals surface area contributed by atoms with Crippen LogP contribution >= 0.6 is 0 Å². The fourth-order valence-corrected chi connectivity index (χ4v) is 3.46. The molecule has 20 heavy (non-hydrogen) atoms. The number of nitrogens with one attached hydrogen (secondary N) is 1. The van der Waals surface area contributed by atoms with E-state index in [0.29, 0.717) is 12.5 Å². The van der Waals surface area contributed by atoms with Crippen LogP contribution in [-0.4, -0.2) is 50.7 Å². The molecule has 2 aliphatic heterocycles. The van der Waals surface area contributed by atoms with Crippen LogP contribution in [0.1, 0.15) is 19.3 Å². The summed E-state index contributed by atoms with van der Waals surface area (Å²) in [6.07, 6.45) is 6.46. The lowest BCUT2D eigenvalue weighted by molar-refractivity contribution is -0.134. The van der Waals surface area contributed by atoms with Crippen molar-refractivity contribution in [2.45, 2.75) is 25.3 Å². The van der Waals surface area contributed by atoms with E-state index in [-0.39, 0.29) is 5.91 Å². The van der Waals surface area contributed by atoms with Crippen LogP contribution in [0.25, 0.3) is 0 Å². The minimum Gasteiger partial charge on any atom is -0.501 e. The zero-order chi connectivity index (χ0) is 14.2. The van der Waals surface area contributed by atoms with E-state index in [1.807, 2.05) is 17.1 Å².